The van der Waals surface area contributed by atoms with Gasteiger partial charge in [0, 0.05) is 131 Å². The molecule has 3 N–H and O–H groups in total. The molecule has 0 aliphatic carbocycles. The predicted molar refractivity (Wildman–Crippen MR) is 470 cm³/mol. The maximum absolute atomic E-state index is 15.2. The van der Waals surface area contributed by atoms with Gasteiger partial charge >= 0.3 is 14.2 Å². The number of rotatable bonds is 18. The van der Waals surface area contributed by atoms with Gasteiger partial charge in [0.05, 0.1) is 101 Å². The summed E-state index contributed by atoms with van der Waals surface area (Å²) < 4.78 is 109. The molecule has 6 aromatic heterocycles. The molecule has 5 aromatic carbocycles. The van der Waals surface area contributed by atoms with E-state index in [1.54, 1.807) is 83.1 Å². The molecule has 15 rings (SSSR count). The van der Waals surface area contributed by atoms with Crippen LogP contribution in [0.2, 0.25) is 10.0 Å². The van der Waals surface area contributed by atoms with Gasteiger partial charge < -0.3 is 80.8 Å². The number of halogens is 6. The zero-order chi connectivity index (χ0) is 89.2. The largest absolute Gasteiger partial charge is 0.497 e. The summed E-state index contributed by atoms with van der Waals surface area (Å²) in [6, 6.07) is 33.1. The van der Waals surface area contributed by atoms with Gasteiger partial charge in [-0.25, -0.2) is 13.2 Å². The molecule has 3 amide bonds. The van der Waals surface area contributed by atoms with Crippen LogP contribution in [0.3, 0.4) is 0 Å². The minimum atomic E-state index is -0.806. The number of benzene rings is 5. The molecule has 0 spiro atoms. The van der Waals surface area contributed by atoms with E-state index in [4.69, 9.17) is 89.3 Å². The lowest BCUT2D eigenvalue weighted by atomic mass is 9.78. The van der Waals surface area contributed by atoms with Gasteiger partial charge in [0.15, 0.2) is 20.5 Å². The van der Waals surface area contributed by atoms with Crippen molar-refractivity contribution in [1.82, 2.24) is 29.7 Å². The lowest BCUT2D eigenvalue weighted by Crippen LogP contribution is -2.41. The lowest BCUT2D eigenvalue weighted by molar-refractivity contribution is 0.00578. The molecule has 0 radical (unpaired) electrons. The number of aliphatic hydroxyl groups is 3. The number of carbonyl (C=O) groups excluding carboxylic acids is 3. The highest BCUT2D eigenvalue weighted by Crippen LogP contribution is 2.42. The first-order chi connectivity index (χ1) is 58.4. The van der Waals surface area contributed by atoms with Gasteiger partial charge in [-0.1, -0.05) is 41.4 Å². The molecule has 0 atom stereocenters. The Morgan fingerprint density at radius 1 is 0.504 bits per heavy atom. The van der Waals surface area contributed by atoms with Crippen LogP contribution >= 0.6 is 45.8 Å². The van der Waals surface area contributed by atoms with E-state index in [-0.39, 0.29) is 108 Å². The van der Waals surface area contributed by atoms with Crippen LogP contribution in [0, 0.1) is 64.7 Å². The fourth-order valence-corrected chi connectivity index (χ4v) is 14.2. The van der Waals surface area contributed by atoms with Crippen molar-refractivity contribution in [3.8, 4) is 57.4 Å². The molecular formula is C90H96B2Cl2F3IN8O17. The Balaban J connectivity index is 0.000000156. The minimum absolute atomic E-state index is 0.00496. The number of fused-ring (bicyclic) bond motifs is 3. The summed E-state index contributed by atoms with van der Waals surface area (Å²) in [6.45, 7) is 24.0. The molecule has 0 saturated carbocycles. The highest BCUT2D eigenvalue weighted by Gasteiger charge is 2.53. The van der Waals surface area contributed by atoms with Gasteiger partial charge in [0.1, 0.15) is 81.4 Å². The quantitative estimate of drug-likeness (QED) is 0.0531. The number of nitrogens with zero attached hydrogens (tertiary/aromatic N) is 8. The number of furan rings is 3. The van der Waals surface area contributed by atoms with Crippen molar-refractivity contribution in [2.75, 3.05) is 87.0 Å². The van der Waals surface area contributed by atoms with Gasteiger partial charge in [0.2, 0.25) is 0 Å². The van der Waals surface area contributed by atoms with Gasteiger partial charge in [-0.3, -0.25) is 29.3 Å². The lowest BCUT2D eigenvalue weighted by Gasteiger charge is -2.32. The Bertz CT molecular complexity index is 5740. The fraction of sp³-hybridized carbons (Fsp3) is 0.378. The van der Waals surface area contributed by atoms with Crippen LogP contribution in [-0.2, 0) is 28.1 Å². The average Bonchev–Trinajstić information content (AvgIpc) is 1.68. The molecule has 11 aromatic rings. The van der Waals surface area contributed by atoms with Gasteiger partial charge in [-0.2, -0.15) is 10.5 Å². The second-order valence-corrected chi connectivity index (χ2v) is 33.8. The van der Waals surface area contributed by atoms with Crippen LogP contribution < -0.4 is 20.4 Å². The third-order valence-electron chi connectivity index (χ3n) is 22.0. The highest BCUT2D eigenvalue weighted by molar-refractivity contribution is 14.1. The standard InChI is InChI=1S/C30H28FN3O5.C18H24BNO4.C18H16ClFN2O3.C16H23BFNO4.C8H5ClINO/c1-18-17-33-25-15-27(23-5-3-20(14-24(23)31)30(36)34(2)9-10-35)39-29(25)28(18)19-4-6-26(21(13-19)16-32)38-22-7-11-37-12-8-22;1-17(2)18(3,4)24-19(23-17)14-5-6-16(13(11-14)12-20)22-15-7-9-21-10-8-15;1-10-9-21-14-8-15(25-17(14)16(10)19)12-4-3-11(7-13(12)20)18(24)22(2)5-6-23;1-15(2)16(3,4)23-17(22-15)12-7-6-11(10-13(12)18)14(21)19(5)8-9-20;1-4-3-11-5-2-6(10)12-8(5)7(4)9/h3-6,13-15,17,22,35H,7-12H2,1-2H3;5-6,11,15H,7-10H2,1-4H3;3-4,7-9,23H,5-6H2,1-2H3;6-7,10,20H,8-9H2,1-5H3;2-3H,1H3. The molecule has 4 saturated heterocycles. The number of carbonyl (C=O) groups is 3. The van der Waals surface area contributed by atoms with Gasteiger partial charge in [-0.05, 0) is 199 Å². The molecule has 646 valence electrons. The first kappa shape index (κ1) is 93.7. The first-order valence-corrected chi connectivity index (χ1v) is 41.7. The third kappa shape index (κ3) is 21.9. The third-order valence-corrected chi connectivity index (χ3v) is 23.5. The normalized spacial score (nSPS) is 15.7. The van der Waals surface area contributed by atoms with Crippen LogP contribution in [0.4, 0.5) is 13.2 Å². The predicted octanol–water partition coefficient (Wildman–Crippen LogP) is 15.8. The molecule has 33 heteroatoms. The molecule has 25 nitrogen and oxygen atoms in total. The smallest absolute Gasteiger partial charge is 0.489 e. The molecular weight excluding hydrogens is 1740 g/mol. The number of aliphatic hydroxyl groups excluding tert-OH is 3. The topological polar surface area (TPSA) is 321 Å². The summed E-state index contributed by atoms with van der Waals surface area (Å²) in [5, 5.41) is 47.3. The maximum atomic E-state index is 15.2. The van der Waals surface area contributed by atoms with E-state index in [9.17, 15) is 33.7 Å². The van der Waals surface area contributed by atoms with Crippen molar-refractivity contribution in [2.45, 2.75) is 136 Å². The molecule has 10 heterocycles. The van der Waals surface area contributed by atoms with Crippen molar-refractivity contribution >= 4 is 122 Å². The zero-order valence-corrected chi connectivity index (χ0v) is 74.4. The van der Waals surface area contributed by atoms with E-state index in [0.29, 0.717) is 86.9 Å². The Labute approximate surface area is 735 Å². The summed E-state index contributed by atoms with van der Waals surface area (Å²) in [5.41, 5.74) is 8.58. The van der Waals surface area contributed by atoms with Crippen molar-refractivity contribution in [3.63, 3.8) is 0 Å². The SMILES string of the molecule is CC1(C)OB(c2ccc(OC3CCOCC3)c(C#N)c2)OC1(C)C.CN(CCO)C(=O)c1ccc(B2OC(C)(C)C(C)(C)O2)c(F)c1.Cc1cnc2cc(-c3ccc(C(=O)N(C)CCO)cc3F)oc2c1-c1ccc(OC2CCOCC2)c(C#N)c1.Cc1cnc2cc(-c3ccc(C(=O)N(C)CCO)cc3F)oc2c1Cl.Cc1cnc2cc(I)oc2c1Cl. The number of amides is 3. The minimum Gasteiger partial charge on any atom is -0.489 e. The summed E-state index contributed by atoms with van der Waals surface area (Å²) in [4.78, 5) is 53.6. The van der Waals surface area contributed by atoms with Gasteiger partial charge in [-0.15, -0.1) is 0 Å². The van der Waals surface area contributed by atoms with Crippen LogP contribution in [0.5, 0.6) is 11.5 Å². The van der Waals surface area contributed by atoms with Crippen molar-refractivity contribution in [2.24, 2.45) is 0 Å². The number of likely N-dealkylation sites (N-methyl/N-ethyl adjacent to an activating group) is 3. The van der Waals surface area contributed by atoms with E-state index >= 15 is 4.39 Å². The van der Waals surface area contributed by atoms with E-state index in [0.717, 1.165) is 80.4 Å². The van der Waals surface area contributed by atoms with Crippen LogP contribution in [0.25, 0.3) is 67.1 Å². The number of pyridine rings is 3. The van der Waals surface area contributed by atoms with Gasteiger partial charge in [0.25, 0.3) is 17.7 Å². The number of hydrogen-bond acceptors (Lipinski definition) is 22. The summed E-state index contributed by atoms with van der Waals surface area (Å²) in [5.74, 6) is -1.17. The molecule has 4 aliphatic rings. The van der Waals surface area contributed by atoms with E-state index in [1.807, 2.05) is 93.5 Å². The Morgan fingerprint density at radius 2 is 0.886 bits per heavy atom. The van der Waals surface area contributed by atoms with Crippen LogP contribution in [-0.4, -0.2) is 199 Å². The zero-order valence-electron chi connectivity index (χ0n) is 70.7. The molecule has 0 bridgehead atoms. The summed E-state index contributed by atoms with van der Waals surface area (Å²) in [7, 11) is 3.36. The average molecular weight is 1840 g/mol. The second-order valence-electron chi connectivity index (χ2n) is 31.9. The highest BCUT2D eigenvalue weighted by atomic mass is 127. The molecule has 123 heavy (non-hydrogen) atoms. The number of hydrogen-bond donors (Lipinski definition) is 3. The van der Waals surface area contributed by atoms with Crippen molar-refractivity contribution < 1.29 is 93.7 Å². The summed E-state index contributed by atoms with van der Waals surface area (Å²) >= 11 is 14.3. The number of ether oxygens (including phenoxy) is 4. The van der Waals surface area contributed by atoms with Crippen molar-refractivity contribution in [1.29, 1.82) is 10.5 Å². The molecule has 4 fully saturated rings. The maximum Gasteiger partial charge on any atom is 0.497 e. The number of aryl methyl sites for hydroxylation is 3. The second kappa shape index (κ2) is 40.3. The van der Waals surface area contributed by atoms with E-state index in [1.165, 1.54) is 51.1 Å². The molecule has 4 aliphatic heterocycles. The molecule has 0 unspecified atom stereocenters. The Kier molecular flexibility index (Phi) is 30.7. The van der Waals surface area contributed by atoms with Crippen LogP contribution in [0.1, 0.15) is 140 Å². The Morgan fingerprint density at radius 3 is 1.32 bits per heavy atom. The fourth-order valence-electron chi connectivity index (χ4n) is 13.4. The number of nitriles is 2. The summed E-state index contributed by atoms with van der Waals surface area (Å²) in [6.07, 6.45) is 8.44. The first-order valence-electron chi connectivity index (χ1n) is 39.8. The van der Waals surface area contributed by atoms with E-state index < -0.39 is 60.0 Å². The van der Waals surface area contributed by atoms with Crippen LogP contribution in [0.15, 0.2) is 141 Å². The van der Waals surface area contributed by atoms with Crippen molar-refractivity contribution in [3.05, 3.63) is 204 Å². The number of aromatic nitrogens is 3. The Hall–Kier alpha value is -9.97. The monoisotopic (exact) mass is 1840 g/mol. The van der Waals surface area contributed by atoms with E-state index in [2.05, 4.69) is 49.7 Å².